The van der Waals surface area contributed by atoms with Crippen LogP contribution in [0.15, 0.2) is 18.2 Å². The molecule has 12 heteroatoms. The molecule has 0 spiro atoms. The van der Waals surface area contributed by atoms with E-state index in [1.54, 1.807) is 0 Å². The van der Waals surface area contributed by atoms with E-state index >= 15 is 0 Å². The zero-order valence-electron chi connectivity index (χ0n) is 12.9. The van der Waals surface area contributed by atoms with Crippen LogP contribution in [0.1, 0.15) is 16.7 Å². The van der Waals surface area contributed by atoms with E-state index in [-0.39, 0.29) is 38.2 Å². The summed E-state index contributed by atoms with van der Waals surface area (Å²) in [5.41, 5.74) is -1.61. The van der Waals surface area contributed by atoms with E-state index in [2.05, 4.69) is 0 Å². The number of halogens is 3. The lowest BCUT2D eigenvalue weighted by Crippen LogP contribution is -2.05. The van der Waals surface area contributed by atoms with Gasteiger partial charge in [-0.2, -0.15) is 0 Å². The standard InChI is InChI=1S/C14H8Cl3N3O6/c1-6-8(12(19(23)24)5-13(14(6)17)20(25)26)4-9-10(16)2-7(15)3-11(9)18(21)22/h2-3,5H,4H2,1H3. The molecule has 136 valence electrons. The first-order valence-corrected chi connectivity index (χ1v) is 7.91. The number of rotatable bonds is 5. The van der Waals surface area contributed by atoms with E-state index < -0.39 is 31.8 Å². The highest BCUT2D eigenvalue weighted by Crippen LogP contribution is 2.40. The van der Waals surface area contributed by atoms with Gasteiger partial charge in [0.25, 0.3) is 17.1 Å². The van der Waals surface area contributed by atoms with Gasteiger partial charge in [0.05, 0.1) is 31.4 Å². The summed E-state index contributed by atoms with van der Waals surface area (Å²) >= 11 is 17.8. The second kappa shape index (κ2) is 7.40. The zero-order valence-corrected chi connectivity index (χ0v) is 15.1. The van der Waals surface area contributed by atoms with Crippen molar-refractivity contribution in [2.45, 2.75) is 13.3 Å². The van der Waals surface area contributed by atoms with E-state index in [0.29, 0.717) is 0 Å². The van der Waals surface area contributed by atoms with Crippen LogP contribution in [-0.4, -0.2) is 14.8 Å². The van der Waals surface area contributed by atoms with E-state index in [1.165, 1.54) is 13.0 Å². The maximum Gasteiger partial charge on any atom is 0.295 e. The smallest absolute Gasteiger partial charge is 0.258 e. The summed E-state index contributed by atoms with van der Waals surface area (Å²) in [6.07, 6.45) is -0.327. The van der Waals surface area contributed by atoms with Gasteiger partial charge in [-0.25, -0.2) is 0 Å². The number of nitrogens with zero attached hydrogens (tertiary/aromatic N) is 3. The highest BCUT2D eigenvalue weighted by atomic mass is 35.5. The number of nitro groups is 3. The van der Waals surface area contributed by atoms with Gasteiger partial charge in [-0.15, -0.1) is 0 Å². The van der Waals surface area contributed by atoms with Crippen LogP contribution in [0.5, 0.6) is 0 Å². The summed E-state index contributed by atoms with van der Waals surface area (Å²) in [4.78, 5) is 31.3. The van der Waals surface area contributed by atoms with Crippen LogP contribution < -0.4 is 0 Å². The molecule has 0 bridgehead atoms. The largest absolute Gasteiger partial charge is 0.295 e. The number of hydrogen-bond donors (Lipinski definition) is 0. The van der Waals surface area contributed by atoms with E-state index in [9.17, 15) is 30.3 Å². The second-order valence-corrected chi connectivity index (χ2v) is 6.39. The van der Waals surface area contributed by atoms with Crippen molar-refractivity contribution in [2.75, 3.05) is 0 Å². The van der Waals surface area contributed by atoms with E-state index in [4.69, 9.17) is 34.8 Å². The molecule has 0 aliphatic heterocycles. The molecule has 0 saturated carbocycles. The third kappa shape index (κ3) is 3.69. The SMILES string of the molecule is Cc1c(Cl)c([N+](=O)[O-])cc([N+](=O)[O-])c1Cc1c(Cl)cc(Cl)cc1[N+](=O)[O-]. The molecular formula is C14H8Cl3N3O6. The maximum absolute atomic E-state index is 11.4. The van der Waals surface area contributed by atoms with Gasteiger partial charge in [0.2, 0.25) is 0 Å². The normalized spacial score (nSPS) is 10.6. The van der Waals surface area contributed by atoms with Crippen LogP contribution in [0, 0.1) is 37.3 Å². The predicted molar refractivity (Wildman–Crippen MR) is 95.4 cm³/mol. The zero-order chi connectivity index (χ0) is 19.8. The first-order chi connectivity index (χ1) is 12.0. The number of hydrogen-bond acceptors (Lipinski definition) is 6. The molecule has 0 saturated heterocycles. The van der Waals surface area contributed by atoms with Crippen LogP contribution in [0.2, 0.25) is 15.1 Å². The van der Waals surface area contributed by atoms with Crippen molar-refractivity contribution >= 4 is 51.9 Å². The first kappa shape index (κ1) is 19.8. The average molecular weight is 421 g/mol. The summed E-state index contributed by atoms with van der Waals surface area (Å²) in [6.45, 7) is 1.35. The Bertz CT molecular complexity index is 964. The monoisotopic (exact) mass is 419 g/mol. The minimum absolute atomic E-state index is 0.0158. The molecule has 0 amide bonds. The fourth-order valence-corrected chi connectivity index (χ4v) is 3.21. The van der Waals surface area contributed by atoms with Crippen LogP contribution in [0.3, 0.4) is 0 Å². The van der Waals surface area contributed by atoms with Gasteiger partial charge >= 0.3 is 0 Å². The lowest BCUT2D eigenvalue weighted by molar-refractivity contribution is -0.394. The lowest BCUT2D eigenvalue weighted by atomic mass is 9.96. The second-order valence-electron chi connectivity index (χ2n) is 5.17. The molecule has 9 nitrogen and oxygen atoms in total. The van der Waals surface area contributed by atoms with Crippen molar-refractivity contribution in [2.24, 2.45) is 0 Å². The van der Waals surface area contributed by atoms with Crippen LogP contribution in [-0.2, 0) is 6.42 Å². The Morgan fingerprint density at radius 3 is 1.81 bits per heavy atom. The Labute approximate surface area is 160 Å². The topological polar surface area (TPSA) is 129 Å². The van der Waals surface area contributed by atoms with Crippen LogP contribution in [0.25, 0.3) is 0 Å². The van der Waals surface area contributed by atoms with Crippen molar-refractivity contribution in [3.05, 3.63) is 80.3 Å². The molecule has 26 heavy (non-hydrogen) atoms. The van der Waals surface area contributed by atoms with Crippen molar-refractivity contribution < 1.29 is 14.8 Å². The van der Waals surface area contributed by atoms with Crippen LogP contribution >= 0.6 is 34.8 Å². The quantitative estimate of drug-likeness (QED) is 0.478. The number of nitro benzene ring substituents is 3. The Kier molecular flexibility index (Phi) is 5.65. The van der Waals surface area contributed by atoms with Gasteiger partial charge in [-0.05, 0) is 18.6 Å². The minimum Gasteiger partial charge on any atom is -0.258 e. The fraction of sp³-hybridized carbons (Fsp3) is 0.143. The molecule has 0 aliphatic rings. The third-order valence-electron chi connectivity index (χ3n) is 3.67. The Morgan fingerprint density at radius 1 is 0.808 bits per heavy atom. The summed E-state index contributed by atoms with van der Waals surface area (Å²) in [5.74, 6) is 0. The molecule has 0 unspecified atom stereocenters. The Morgan fingerprint density at radius 2 is 1.31 bits per heavy atom. The Balaban J connectivity index is 2.76. The van der Waals surface area contributed by atoms with Gasteiger partial charge in [-0.1, -0.05) is 34.8 Å². The lowest BCUT2D eigenvalue weighted by Gasteiger charge is -2.11. The molecule has 0 N–H and O–H groups in total. The average Bonchev–Trinajstić information content (AvgIpc) is 2.52. The molecule has 0 heterocycles. The van der Waals surface area contributed by atoms with Gasteiger partial charge < -0.3 is 0 Å². The minimum atomic E-state index is -0.843. The Hall–Kier alpha value is -2.49. The molecule has 0 aromatic heterocycles. The van der Waals surface area contributed by atoms with Crippen LogP contribution in [0.4, 0.5) is 17.1 Å². The molecule has 2 aromatic rings. The summed E-state index contributed by atoms with van der Waals surface area (Å²) in [7, 11) is 0. The van der Waals surface area contributed by atoms with E-state index in [1.807, 2.05) is 0 Å². The maximum atomic E-state index is 11.4. The van der Waals surface area contributed by atoms with Crippen molar-refractivity contribution in [1.82, 2.24) is 0 Å². The molecule has 0 aliphatic carbocycles. The highest BCUT2D eigenvalue weighted by Gasteiger charge is 2.29. The third-order valence-corrected chi connectivity index (χ3v) is 4.70. The summed E-state index contributed by atoms with van der Waals surface area (Å²) < 4.78 is 0. The summed E-state index contributed by atoms with van der Waals surface area (Å²) in [5, 5.41) is 33.3. The van der Waals surface area contributed by atoms with E-state index in [0.717, 1.165) is 12.1 Å². The molecule has 0 fully saturated rings. The molecular weight excluding hydrogens is 413 g/mol. The van der Waals surface area contributed by atoms with Gasteiger partial charge in [0.1, 0.15) is 5.02 Å². The van der Waals surface area contributed by atoms with Gasteiger partial charge in [0, 0.05) is 23.1 Å². The van der Waals surface area contributed by atoms with Crippen molar-refractivity contribution in [3.63, 3.8) is 0 Å². The number of benzene rings is 2. The van der Waals surface area contributed by atoms with Crippen molar-refractivity contribution in [1.29, 1.82) is 0 Å². The fourth-order valence-electron chi connectivity index (χ4n) is 2.42. The molecule has 0 atom stereocenters. The highest BCUT2D eigenvalue weighted by molar-refractivity contribution is 6.35. The first-order valence-electron chi connectivity index (χ1n) is 6.77. The predicted octanol–water partition coefficient (Wildman–Crippen LogP) is 5.27. The molecule has 2 aromatic carbocycles. The van der Waals surface area contributed by atoms with Crippen molar-refractivity contribution in [3.8, 4) is 0 Å². The van der Waals surface area contributed by atoms with Gasteiger partial charge in [-0.3, -0.25) is 30.3 Å². The van der Waals surface area contributed by atoms with Gasteiger partial charge in [0.15, 0.2) is 0 Å². The molecule has 2 rings (SSSR count). The molecule has 0 radical (unpaired) electrons. The summed E-state index contributed by atoms with van der Waals surface area (Å²) in [6, 6.07) is 3.05.